The number of Topliss-reactive ketones (excluding diaryl/α,β-unsaturated/α-hetero) is 3. The van der Waals surface area contributed by atoms with Gasteiger partial charge in [-0.05, 0) is 147 Å². The number of carbonyl (C=O) groups is 4. The third-order valence-electron chi connectivity index (χ3n) is 11.5. The van der Waals surface area contributed by atoms with Gasteiger partial charge >= 0.3 is 0 Å². The number of amides is 1. The van der Waals surface area contributed by atoms with Crippen molar-refractivity contribution in [2.24, 2.45) is 28.1 Å². The molecule has 57 heavy (non-hydrogen) atoms. The summed E-state index contributed by atoms with van der Waals surface area (Å²) in [5.41, 5.74) is 0.335. The molecule has 2 aromatic carbocycles. The van der Waals surface area contributed by atoms with Gasteiger partial charge in [0.1, 0.15) is 22.5 Å². The van der Waals surface area contributed by atoms with Gasteiger partial charge in [0.05, 0.1) is 12.0 Å². The Labute approximate surface area is 339 Å². The number of phenolic OH excluding ortho intramolecular Hbond substituents is 2. The van der Waals surface area contributed by atoms with Crippen LogP contribution in [0.15, 0.2) is 95.1 Å². The van der Waals surface area contributed by atoms with Crippen molar-refractivity contribution in [2.75, 3.05) is 11.9 Å². The van der Waals surface area contributed by atoms with Gasteiger partial charge in [0.2, 0.25) is 5.91 Å². The summed E-state index contributed by atoms with van der Waals surface area (Å²) in [6.07, 6.45) is 7.79. The summed E-state index contributed by atoms with van der Waals surface area (Å²) >= 11 is 0. The number of allylic oxidation sites excluding steroid dienone is 8. The highest BCUT2D eigenvalue weighted by atomic mass is 16.5. The van der Waals surface area contributed by atoms with Crippen molar-refractivity contribution < 1.29 is 39.2 Å². The van der Waals surface area contributed by atoms with Crippen LogP contribution >= 0.6 is 0 Å². The number of hydrogen-bond acceptors (Lipinski definition) is 8. The maximum atomic E-state index is 15.2. The number of nitrogens with one attached hydrogen (secondary N) is 1. The first kappa shape index (κ1) is 46.2. The first-order chi connectivity index (χ1) is 26.5. The molecule has 2 saturated carbocycles. The highest BCUT2D eigenvalue weighted by Crippen LogP contribution is 2.66. The van der Waals surface area contributed by atoms with Crippen molar-refractivity contribution in [2.45, 2.75) is 108 Å². The zero-order valence-electron chi connectivity index (χ0n) is 35.8. The monoisotopic (exact) mass is 781 g/mol. The van der Waals surface area contributed by atoms with Gasteiger partial charge < -0.3 is 25.4 Å². The summed E-state index contributed by atoms with van der Waals surface area (Å²) < 4.78 is 5.25. The van der Waals surface area contributed by atoms with Crippen LogP contribution in [-0.4, -0.2) is 45.2 Å². The molecular weight excluding hydrogens is 719 g/mol. The van der Waals surface area contributed by atoms with Gasteiger partial charge in [-0.25, -0.2) is 0 Å². The Morgan fingerprint density at radius 2 is 1.47 bits per heavy atom. The lowest BCUT2D eigenvalue weighted by Gasteiger charge is -2.60. The highest BCUT2D eigenvalue weighted by molar-refractivity contribution is 6.41. The minimum Gasteiger partial charge on any atom is -0.506 e. The van der Waals surface area contributed by atoms with Crippen LogP contribution in [0.5, 0.6) is 17.2 Å². The van der Waals surface area contributed by atoms with E-state index in [1.807, 2.05) is 99.6 Å². The topological polar surface area (TPSA) is 150 Å². The fraction of sp³-hybridized carbons (Fsp3) is 0.458. The summed E-state index contributed by atoms with van der Waals surface area (Å²) in [7, 11) is 0. The van der Waals surface area contributed by atoms with Crippen molar-refractivity contribution in [1.29, 1.82) is 0 Å². The van der Waals surface area contributed by atoms with Crippen molar-refractivity contribution in [3.05, 3.63) is 101 Å². The molecule has 9 heteroatoms. The molecule has 2 fully saturated rings. The molecule has 1 amide bonds. The number of benzene rings is 2. The number of anilines is 1. The number of aliphatic hydroxyl groups is 1. The molecule has 2 aliphatic rings. The first-order valence-electron chi connectivity index (χ1n) is 19.7. The molecule has 4 atom stereocenters. The molecule has 4 N–H and O–H groups in total. The Balaban J connectivity index is 0.000000566. The van der Waals surface area contributed by atoms with Crippen LogP contribution in [0.3, 0.4) is 0 Å². The summed E-state index contributed by atoms with van der Waals surface area (Å²) in [5, 5.41) is 34.4. The largest absolute Gasteiger partial charge is 0.506 e. The molecule has 0 aromatic heterocycles. The molecule has 0 radical (unpaired) electrons. The van der Waals surface area contributed by atoms with E-state index >= 15 is 4.79 Å². The number of hydrogen-bond donors (Lipinski definition) is 4. The molecule has 4 rings (SSSR count). The second-order valence-corrected chi connectivity index (χ2v) is 16.9. The van der Waals surface area contributed by atoms with E-state index < -0.39 is 50.6 Å². The van der Waals surface area contributed by atoms with Crippen LogP contribution in [-0.2, 0) is 19.2 Å². The van der Waals surface area contributed by atoms with E-state index in [2.05, 4.69) is 24.0 Å². The van der Waals surface area contributed by atoms with Crippen molar-refractivity contribution in [3.8, 4) is 17.2 Å². The van der Waals surface area contributed by atoms with E-state index in [0.29, 0.717) is 19.4 Å². The van der Waals surface area contributed by atoms with Crippen LogP contribution in [0.25, 0.3) is 5.76 Å². The molecule has 2 aliphatic carbocycles. The van der Waals surface area contributed by atoms with Crippen LogP contribution in [0.4, 0.5) is 5.69 Å². The smallest absolute Gasteiger partial charge is 0.221 e. The summed E-state index contributed by atoms with van der Waals surface area (Å²) in [6, 6.07) is 10.9. The third kappa shape index (κ3) is 10.0. The number of fused-ring (bicyclic) bond motifs is 2. The summed E-state index contributed by atoms with van der Waals surface area (Å²) in [5.74, 6) is -2.86. The van der Waals surface area contributed by atoms with E-state index in [1.54, 1.807) is 0 Å². The van der Waals surface area contributed by atoms with Gasteiger partial charge in [-0.3, -0.25) is 19.2 Å². The van der Waals surface area contributed by atoms with Crippen molar-refractivity contribution >= 4 is 34.7 Å². The third-order valence-corrected chi connectivity index (χ3v) is 11.5. The molecule has 0 spiro atoms. The number of aromatic hydroxyl groups is 2. The number of aliphatic hydroxyl groups excluding tert-OH is 1. The average molecular weight is 782 g/mol. The van der Waals surface area contributed by atoms with Crippen molar-refractivity contribution in [1.82, 2.24) is 0 Å². The van der Waals surface area contributed by atoms with Crippen molar-refractivity contribution in [3.63, 3.8) is 0 Å². The maximum absolute atomic E-state index is 15.2. The molecule has 2 bridgehead atoms. The van der Waals surface area contributed by atoms with Gasteiger partial charge in [-0.2, -0.15) is 0 Å². The molecule has 2 aromatic rings. The van der Waals surface area contributed by atoms with Crippen LogP contribution in [0, 0.1) is 28.1 Å². The highest BCUT2D eigenvalue weighted by Gasteiger charge is 2.74. The lowest BCUT2D eigenvalue weighted by Crippen LogP contribution is -2.69. The van der Waals surface area contributed by atoms with Crippen LogP contribution in [0.2, 0.25) is 0 Å². The number of rotatable bonds is 13. The zero-order valence-corrected chi connectivity index (χ0v) is 35.8. The van der Waals surface area contributed by atoms with E-state index in [-0.39, 0.29) is 48.4 Å². The summed E-state index contributed by atoms with van der Waals surface area (Å²) in [6.45, 7) is 25.9. The second-order valence-electron chi connectivity index (χ2n) is 16.9. The predicted octanol–water partition coefficient (Wildman–Crippen LogP) is 10.8. The molecule has 308 valence electrons. The van der Waals surface area contributed by atoms with E-state index in [4.69, 9.17) is 4.74 Å². The number of carbonyl (C=O) groups excluding carboxylic acids is 4. The van der Waals surface area contributed by atoms with Crippen LogP contribution < -0.4 is 10.1 Å². The standard InChI is InChI=1S/C38H50O6.C10H13NO2/c1-22(2)11-13-27(25(7)8)20-37-21-28(15-12-23(3)4)36(9,10)38(35(37)44,18-17-24(5)6)34(43)31(33(37)42)32(41)26-14-16-29(39)30(40)19-26;1-3-13-10-6-4-9(5-7-10)11-8(2)12/h11-12,14,16-17,19,27-28,39-41H,7,13,15,18,20-21H2,1-6,8-10H3;4-7H,3H2,1-2H3,(H,11,12)/t27-,28+,37+,38-;/m0./s1. The SMILES string of the molecule is C=C(C)[C@@H](CC=C(C)C)C[C@@]12C[C@@H](CC=C(C)C)C(C)(C)[C@@](CC=C(C)C)(C(=O)C(=C(O)c3ccc(O)c(O)c3)C1=O)C2=O.CCOc1ccc(NC(C)=O)cc1. The lowest BCUT2D eigenvalue weighted by molar-refractivity contribution is -0.177. The fourth-order valence-corrected chi connectivity index (χ4v) is 8.09. The first-order valence-corrected chi connectivity index (χ1v) is 19.7. The van der Waals surface area contributed by atoms with Gasteiger partial charge in [0.15, 0.2) is 28.8 Å². The fourth-order valence-electron chi connectivity index (χ4n) is 8.09. The van der Waals surface area contributed by atoms with Gasteiger partial charge in [-0.1, -0.05) is 60.9 Å². The molecule has 0 aliphatic heterocycles. The molecular formula is C48H63NO8. The number of ether oxygens (including phenoxy) is 1. The molecule has 0 saturated heterocycles. The second kappa shape index (κ2) is 18.8. The minimum absolute atomic E-state index is 0.0110. The number of ketones is 3. The normalized spacial score (nSPS) is 22.2. The Morgan fingerprint density at radius 1 is 0.877 bits per heavy atom. The Morgan fingerprint density at radius 3 is 1.98 bits per heavy atom. The minimum atomic E-state index is -1.62. The van der Waals surface area contributed by atoms with Gasteiger partial charge in [-0.15, -0.1) is 0 Å². The van der Waals surface area contributed by atoms with E-state index in [9.17, 15) is 29.7 Å². The predicted molar refractivity (Wildman–Crippen MR) is 228 cm³/mol. The quantitative estimate of drug-likeness (QED) is 0.0392. The van der Waals surface area contributed by atoms with Crippen LogP contribution in [0.1, 0.15) is 114 Å². The zero-order chi connectivity index (χ0) is 43.0. The summed E-state index contributed by atoms with van der Waals surface area (Å²) in [4.78, 5) is 55.6. The number of phenols is 2. The Bertz CT molecular complexity index is 1980. The maximum Gasteiger partial charge on any atom is 0.221 e. The van der Waals surface area contributed by atoms with Gasteiger partial charge in [0.25, 0.3) is 0 Å². The molecule has 0 heterocycles. The van der Waals surface area contributed by atoms with E-state index in [1.165, 1.54) is 19.1 Å². The lowest BCUT2D eigenvalue weighted by atomic mass is 9.38. The Kier molecular flexibility index (Phi) is 15.3. The molecule has 9 nitrogen and oxygen atoms in total. The van der Waals surface area contributed by atoms with Gasteiger partial charge in [0, 0.05) is 18.2 Å². The average Bonchev–Trinajstić information content (AvgIpc) is 3.11. The molecule has 0 unspecified atom stereocenters. The van der Waals surface area contributed by atoms with E-state index in [0.717, 1.165) is 39.8 Å². The Hall–Kier alpha value is -5.18.